The number of nitrogens with one attached hydrogen (secondary N) is 1. The number of rotatable bonds is 6. The first-order valence-corrected chi connectivity index (χ1v) is 9.70. The highest BCUT2D eigenvalue weighted by atomic mass is 32.2. The summed E-state index contributed by atoms with van der Waals surface area (Å²) in [6.07, 6.45) is 1.67. The third-order valence-corrected chi connectivity index (χ3v) is 5.74. The van der Waals surface area contributed by atoms with Gasteiger partial charge in [0.25, 0.3) is 10.0 Å². The van der Waals surface area contributed by atoms with E-state index in [-0.39, 0.29) is 16.5 Å². The topological polar surface area (TPSA) is 66.4 Å². The second kappa shape index (κ2) is 7.42. The van der Waals surface area contributed by atoms with Crippen molar-refractivity contribution in [3.8, 4) is 0 Å². The summed E-state index contributed by atoms with van der Waals surface area (Å²) in [6, 6.07) is 15.9. The van der Waals surface area contributed by atoms with E-state index in [0.717, 1.165) is 11.1 Å². The van der Waals surface area contributed by atoms with Crippen molar-refractivity contribution < 1.29 is 13.5 Å². The van der Waals surface area contributed by atoms with Crippen LogP contribution < -0.4 is 4.72 Å². The minimum Gasteiger partial charge on any atom is -0.384 e. The second-order valence-corrected chi connectivity index (χ2v) is 8.37. The molecule has 0 aromatic heterocycles. The van der Waals surface area contributed by atoms with E-state index in [1.807, 2.05) is 51.1 Å². The Kier molecular flexibility index (Phi) is 5.70. The molecule has 0 radical (unpaired) electrons. The average Bonchev–Trinajstić information content (AvgIpc) is 2.55. The number of sulfonamides is 1. The van der Waals surface area contributed by atoms with Gasteiger partial charge in [0.2, 0.25) is 0 Å². The summed E-state index contributed by atoms with van der Waals surface area (Å²) in [6.45, 7) is 7.20. The van der Waals surface area contributed by atoms with E-state index in [1.54, 1.807) is 37.3 Å². The van der Waals surface area contributed by atoms with Crippen molar-refractivity contribution in [3.63, 3.8) is 0 Å². The first-order chi connectivity index (χ1) is 11.6. The van der Waals surface area contributed by atoms with Gasteiger partial charge in [0.05, 0.1) is 10.6 Å². The molecule has 2 N–H and O–H groups in total. The summed E-state index contributed by atoms with van der Waals surface area (Å²) in [5.41, 5.74) is 0.709. The molecule has 134 valence electrons. The van der Waals surface area contributed by atoms with Gasteiger partial charge in [-0.05, 0) is 43.5 Å². The molecule has 4 nitrogen and oxygen atoms in total. The lowest BCUT2D eigenvalue weighted by Gasteiger charge is -2.31. The summed E-state index contributed by atoms with van der Waals surface area (Å²) in [5.74, 6) is -0.178. The number of aliphatic hydroxyl groups is 1. The Hall–Kier alpha value is -2.11. The second-order valence-electron chi connectivity index (χ2n) is 6.69. The van der Waals surface area contributed by atoms with Crippen LogP contribution in [-0.4, -0.2) is 19.1 Å². The van der Waals surface area contributed by atoms with Crippen LogP contribution in [0.15, 0.2) is 65.2 Å². The molecule has 0 spiro atoms. The molecular weight excluding hydrogens is 334 g/mol. The van der Waals surface area contributed by atoms with Gasteiger partial charge in [-0.1, -0.05) is 61.9 Å². The fourth-order valence-electron chi connectivity index (χ4n) is 2.23. The highest BCUT2D eigenvalue weighted by Gasteiger charge is 2.33. The van der Waals surface area contributed by atoms with E-state index in [2.05, 4.69) is 4.72 Å². The van der Waals surface area contributed by atoms with Crippen molar-refractivity contribution in [2.45, 2.75) is 38.2 Å². The summed E-state index contributed by atoms with van der Waals surface area (Å²) in [4.78, 5) is 0.164. The Morgan fingerprint density at radius 2 is 1.64 bits per heavy atom. The molecule has 25 heavy (non-hydrogen) atoms. The largest absolute Gasteiger partial charge is 0.384 e. The Morgan fingerprint density at radius 1 is 1.08 bits per heavy atom. The van der Waals surface area contributed by atoms with Crippen molar-refractivity contribution in [3.05, 3.63) is 71.4 Å². The normalized spacial score (nSPS) is 15.0. The first kappa shape index (κ1) is 19.2. The molecule has 0 unspecified atom stereocenters. The van der Waals surface area contributed by atoms with Gasteiger partial charge in [0.1, 0.15) is 5.60 Å². The van der Waals surface area contributed by atoms with E-state index < -0.39 is 15.6 Å². The van der Waals surface area contributed by atoms with E-state index in [4.69, 9.17) is 0 Å². The molecule has 0 saturated carbocycles. The van der Waals surface area contributed by atoms with Gasteiger partial charge in [-0.25, -0.2) is 8.42 Å². The molecule has 0 aliphatic carbocycles. The van der Waals surface area contributed by atoms with E-state index in [9.17, 15) is 13.5 Å². The van der Waals surface area contributed by atoms with Gasteiger partial charge in [-0.15, -0.1) is 0 Å². The van der Waals surface area contributed by atoms with Crippen LogP contribution in [-0.2, 0) is 10.0 Å². The Morgan fingerprint density at radius 3 is 2.16 bits per heavy atom. The zero-order valence-electron chi connectivity index (χ0n) is 15.0. The maximum atomic E-state index is 12.8. The number of hydrogen-bond donors (Lipinski definition) is 2. The SMILES string of the molecule is Cc1ccc(S(=O)(=O)N/C(=C\c2ccccc2)[C@](C)(O)C(C)C)cc1. The lowest BCUT2D eigenvalue weighted by Crippen LogP contribution is -2.42. The Balaban J connectivity index is 2.46. The maximum Gasteiger partial charge on any atom is 0.261 e. The molecule has 1 atom stereocenters. The van der Waals surface area contributed by atoms with E-state index >= 15 is 0 Å². The zero-order chi connectivity index (χ0) is 18.7. The summed E-state index contributed by atoms with van der Waals surface area (Å²) in [7, 11) is -3.79. The fourth-order valence-corrected chi connectivity index (χ4v) is 3.39. The highest BCUT2D eigenvalue weighted by molar-refractivity contribution is 7.89. The quantitative estimate of drug-likeness (QED) is 0.826. The predicted molar refractivity (Wildman–Crippen MR) is 101 cm³/mol. The van der Waals surface area contributed by atoms with Gasteiger partial charge in [0.15, 0.2) is 0 Å². The molecular formula is C20H25NO3S. The minimum absolute atomic E-state index is 0.164. The molecule has 0 fully saturated rings. The van der Waals surface area contributed by atoms with Crippen molar-refractivity contribution >= 4 is 16.1 Å². The molecule has 0 aliphatic rings. The van der Waals surface area contributed by atoms with Gasteiger partial charge < -0.3 is 5.11 Å². The van der Waals surface area contributed by atoms with E-state index in [1.165, 1.54) is 0 Å². The van der Waals surface area contributed by atoms with Gasteiger partial charge in [-0.3, -0.25) is 4.72 Å². The van der Waals surface area contributed by atoms with Crippen molar-refractivity contribution in [2.24, 2.45) is 5.92 Å². The summed E-state index contributed by atoms with van der Waals surface area (Å²) in [5, 5.41) is 10.9. The van der Waals surface area contributed by atoms with Crippen LogP contribution in [0.4, 0.5) is 0 Å². The summed E-state index contributed by atoms with van der Waals surface area (Å²) >= 11 is 0. The number of hydrogen-bond acceptors (Lipinski definition) is 3. The molecule has 0 amide bonds. The smallest absolute Gasteiger partial charge is 0.261 e. The van der Waals surface area contributed by atoms with Crippen molar-refractivity contribution in [2.75, 3.05) is 0 Å². The zero-order valence-corrected chi connectivity index (χ0v) is 15.8. The molecule has 2 aromatic rings. The third kappa shape index (κ3) is 4.71. The lowest BCUT2D eigenvalue weighted by molar-refractivity contribution is 0.0478. The molecule has 0 bridgehead atoms. The lowest BCUT2D eigenvalue weighted by atomic mass is 9.88. The molecule has 2 aromatic carbocycles. The van der Waals surface area contributed by atoms with Crippen LogP contribution in [0.1, 0.15) is 31.9 Å². The van der Waals surface area contributed by atoms with Crippen LogP contribution in [0.2, 0.25) is 0 Å². The van der Waals surface area contributed by atoms with Crippen LogP contribution in [0, 0.1) is 12.8 Å². The van der Waals surface area contributed by atoms with Crippen molar-refractivity contribution in [1.82, 2.24) is 4.72 Å². The Bertz CT molecular complexity index is 836. The van der Waals surface area contributed by atoms with Crippen LogP contribution >= 0.6 is 0 Å². The summed E-state index contributed by atoms with van der Waals surface area (Å²) < 4.78 is 28.1. The molecule has 5 heteroatoms. The number of benzene rings is 2. The third-order valence-electron chi connectivity index (χ3n) is 4.36. The monoisotopic (exact) mass is 359 g/mol. The average molecular weight is 359 g/mol. The highest BCUT2D eigenvalue weighted by Crippen LogP contribution is 2.27. The number of aryl methyl sites for hydroxylation is 1. The van der Waals surface area contributed by atoms with Crippen LogP contribution in [0.25, 0.3) is 6.08 Å². The molecule has 0 saturated heterocycles. The minimum atomic E-state index is -3.79. The standard InChI is InChI=1S/C20H25NO3S/c1-15(2)20(4,22)19(14-17-8-6-5-7-9-17)21-25(23,24)18-12-10-16(3)11-13-18/h5-15,21-22H,1-4H3/b19-14-/t20-/m1/s1. The van der Waals surface area contributed by atoms with Crippen LogP contribution in [0.3, 0.4) is 0 Å². The predicted octanol–water partition coefficient (Wildman–Crippen LogP) is 3.72. The first-order valence-electron chi connectivity index (χ1n) is 8.22. The van der Waals surface area contributed by atoms with Gasteiger partial charge in [0, 0.05) is 0 Å². The fraction of sp³-hybridized carbons (Fsp3) is 0.300. The molecule has 0 aliphatic heterocycles. The van der Waals surface area contributed by atoms with Crippen molar-refractivity contribution in [1.29, 1.82) is 0 Å². The Labute approximate surface area is 150 Å². The van der Waals surface area contributed by atoms with Gasteiger partial charge in [-0.2, -0.15) is 0 Å². The molecule has 2 rings (SSSR count). The maximum absolute atomic E-state index is 12.8. The van der Waals surface area contributed by atoms with Crippen LogP contribution in [0.5, 0.6) is 0 Å². The van der Waals surface area contributed by atoms with Gasteiger partial charge >= 0.3 is 0 Å². The van der Waals surface area contributed by atoms with E-state index in [0.29, 0.717) is 0 Å². The molecule has 0 heterocycles.